The molecule has 3 amide bonds. The molecule has 18 heteroatoms. The second-order valence-corrected chi connectivity index (χ2v) is 13.9. The zero-order valence-electron chi connectivity index (χ0n) is 32.1. The number of carbonyl (C=O) groups is 3. The molecule has 0 radical (unpaired) electrons. The molecule has 2 aliphatic heterocycles. The number of benzene rings is 1. The summed E-state index contributed by atoms with van der Waals surface area (Å²) in [5, 5.41) is 18.9. The predicted octanol–water partition coefficient (Wildman–Crippen LogP) is 2.68. The number of fused-ring (bicyclic) bond motifs is 2. The number of aryl methyl sites for hydroxylation is 6. The van der Waals surface area contributed by atoms with Crippen molar-refractivity contribution in [3.8, 4) is 11.5 Å². The van der Waals surface area contributed by atoms with Crippen molar-refractivity contribution in [2.75, 3.05) is 29.0 Å². The first-order valence-corrected chi connectivity index (χ1v) is 18.0. The summed E-state index contributed by atoms with van der Waals surface area (Å²) in [6.45, 7) is 4.91. The summed E-state index contributed by atoms with van der Waals surface area (Å²) in [6, 6.07) is 8.71. The van der Waals surface area contributed by atoms with Crippen molar-refractivity contribution in [2.45, 2.75) is 39.7 Å². The fourth-order valence-corrected chi connectivity index (χ4v) is 6.44. The highest BCUT2D eigenvalue weighted by atomic mass is 16.2. The van der Waals surface area contributed by atoms with E-state index in [0.29, 0.717) is 53.4 Å². The van der Waals surface area contributed by atoms with Gasteiger partial charge in [-0.05, 0) is 68.1 Å². The van der Waals surface area contributed by atoms with Gasteiger partial charge >= 0.3 is 5.69 Å². The Morgan fingerprint density at radius 3 is 1.89 bits per heavy atom. The van der Waals surface area contributed by atoms with E-state index < -0.39 is 17.2 Å². The third-order valence-corrected chi connectivity index (χ3v) is 9.64. The molecule has 0 saturated heterocycles. The Kier molecular flexibility index (Phi) is 10.9. The quantitative estimate of drug-likeness (QED) is 0.0414. The normalized spacial score (nSPS) is 11.2. The molecule has 0 atom stereocenters. The Balaban J connectivity index is 1.02. The predicted molar refractivity (Wildman–Crippen MR) is 214 cm³/mol. The number of anilines is 3. The number of unbranched alkanes of at least 4 members (excludes halogenated alkanes) is 1. The molecule has 6 rings (SSSR count). The van der Waals surface area contributed by atoms with Gasteiger partial charge in [0.1, 0.15) is 17.1 Å². The van der Waals surface area contributed by atoms with E-state index in [0.717, 1.165) is 21.2 Å². The average Bonchev–Trinajstić information content (AvgIpc) is 3.82. The molecule has 292 valence electrons. The van der Waals surface area contributed by atoms with Gasteiger partial charge in [-0.15, -0.1) is 0 Å². The summed E-state index contributed by atoms with van der Waals surface area (Å²) in [5.41, 5.74) is 10.5. The molecule has 3 aromatic heterocycles. The number of aromatic nitrogens is 7. The van der Waals surface area contributed by atoms with Gasteiger partial charge in [0.2, 0.25) is 0 Å². The standard InChI is InChI=1S/C38H45N13O5/c1-21-13-26-27(14-22(21)2)50(6)33-32(45-26)37(55)51(38(56)46-33)12-8-7-10-41-23-15-29(47(3)18-23)35(53)44-25-17-30(49(5)20-25)36(54)43-24-16-28(48(4)19-24)34(52)42-11-9-31(39)40/h13-20,41H,7-12H2,1-6H3,(H3,39,40)(H,42,52)(H,43,54)(H,44,53). The molecular weight excluding hydrogens is 719 g/mol. The molecule has 2 aliphatic rings. The lowest BCUT2D eigenvalue weighted by molar-refractivity contribution is 0.0944. The van der Waals surface area contributed by atoms with Gasteiger partial charge < -0.3 is 45.3 Å². The molecule has 4 aromatic rings. The topological polar surface area (TPSA) is 234 Å². The van der Waals surface area contributed by atoms with Gasteiger partial charge in [0.15, 0.2) is 11.5 Å². The lowest BCUT2D eigenvalue weighted by atomic mass is 10.1. The van der Waals surface area contributed by atoms with Crippen molar-refractivity contribution in [3.05, 3.63) is 98.0 Å². The lowest BCUT2D eigenvalue weighted by Gasteiger charge is -2.15. The van der Waals surface area contributed by atoms with Crippen LogP contribution in [0.15, 0.2) is 58.5 Å². The van der Waals surface area contributed by atoms with Gasteiger partial charge in [-0.3, -0.25) is 29.2 Å². The maximum absolute atomic E-state index is 13.4. The maximum Gasteiger partial charge on any atom is 0.352 e. The lowest BCUT2D eigenvalue weighted by Crippen LogP contribution is -2.38. The summed E-state index contributed by atoms with van der Waals surface area (Å²) < 4.78 is 7.71. The first kappa shape index (κ1) is 38.7. The van der Waals surface area contributed by atoms with Crippen LogP contribution in [0.25, 0.3) is 22.6 Å². The van der Waals surface area contributed by atoms with Crippen LogP contribution >= 0.6 is 0 Å². The minimum atomic E-state index is -0.615. The minimum Gasteiger partial charge on any atom is -0.388 e. The van der Waals surface area contributed by atoms with E-state index in [9.17, 15) is 24.0 Å². The van der Waals surface area contributed by atoms with Gasteiger partial charge in [-0.1, -0.05) is 0 Å². The van der Waals surface area contributed by atoms with Crippen LogP contribution in [0.3, 0.4) is 0 Å². The number of rotatable bonds is 14. The van der Waals surface area contributed by atoms with Crippen molar-refractivity contribution < 1.29 is 14.4 Å². The summed E-state index contributed by atoms with van der Waals surface area (Å²) in [7, 11) is 6.88. The molecule has 0 unspecified atom stereocenters. The Morgan fingerprint density at radius 1 is 0.732 bits per heavy atom. The molecule has 0 saturated carbocycles. The largest absolute Gasteiger partial charge is 0.388 e. The van der Waals surface area contributed by atoms with Crippen LogP contribution in [0.2, 0.25) is 0 Å². The van der Waals surface area contributed by atoms with Crippen molar-refractivity contribution in [1.82, 2.24) is 38.1 Å². The number of hydrogen-bond acceptors (Lipinski definition) is 9. The zero-order valence-corrected chi connectivity index (χ0v) is 32.1. The van der Waals surface area contributed by atoms with Crippen molar-refractivity contribution in [2.24, 2.45) is 33.9 Å². The molecule has 0 spiro atoms. The average molecular weight is 764 g/mol. The summed E-state index contributed by atoms with van der Waals surface area (Å²) in [4.78, 5) is 74.0. The molecule has 0 aliphatic carbocycles. The number of nitrogens with one attached hydrogen (secondary N) is 5. The van der Waals surface area contributed by atoms with Crippen molar-refractivity contribution in [3.63, 3.8) is 0 Å². The SMILES string of the molecule is Cc1cc2nc3c(=O)n(CCCCNc4cc(C(=O)Nc5cc(C(=O)Nc6cc(C(=O)NCCC(=N)N)n(C)c6)n(C)c5)n(C)c4)c(=O)nc-3n(C)c2cc1C. The van der Waals surface area contributed by atoms with E-state index in [2.05, 4.69) is 31.2 Å². The molecule has 5 heterocycles. The highest BCUT2D eigenvalue weighted by molar-refractivity contribution is 6.07. The molecule has 56 heavy (non-hydrogen) atoms. The van der Waals surface area contributed by atoms with Crippen LogP contribution in [-0.2, 0) is 34.7 Å². The van der Waals surface area contributed by atoms with Gasteiger partial charge in [-0.2, -0.15) is 4.98 Å². The van der Waals surface area contributed by atoms with Gasteiger partial charge in [-0.25, -0.2) is 9.78 Å². The number of nitrogens with two attached hydrogens (primary N) is 1. The number of hydrogen-bond donors (Lipinski definition) is 6. The van der Waals surface area contributed by atoms with Crippen LogP contribution in [0.1, 0.15) is 61.9 Å². The van der Waals surface area contributed by atoms with Crippen molar-refractivity contribution in [1.29, 1.82) is 5.41 Å². The van der Waals surface area contributed by atoms with Crippen LogP contribution in [-0.4, -0.2) is 69.5 Å². The Hall–Kier alpha value is -6.98. The first-order chi connectivity index (χ1) is 26.6. The highest BCUT2D eigenvalue weighted by Gasteiger charge is 2.21. The number of nitrogens with zero attached hydrogens (tertiary/aromatic N) is 7. The number of carbonyl (C=O) groups excluding carboxylic acids is 3. The van der Waals surface area contributed by atoms with Crippen LogP contribution in [0.4, 0.5) is 17.1 Å². The molecular formula is C38H45N13O5. The molecule has 1 aromatic carbocycles. The van der Waals surface area contributed by atoms with Gasteiger partial charge in [0, 0.05) is 72.8 Å². The van der Waals surface area contributed by atoms with E-state index >= 15 is 0 Å². The fourth-order valence-electron chi connectivity index (χ4n) is 6.44. The van der Waals surface area contributed by atoms with E-state index in [1.165, 1.54) is 0 Å². The maximum atomic E-state index is 13.4. The van der Waals surface area contributed by atoms with Crippen LogP contribution in [0.5, 0.6) is 0 Å². The smallest absolute Gasteiger partial charge is 0.352 e. The van der Waals surface area contributed by atoms with Crippen LogP contribution in [0, 0.1) is 19.3 Å². The zero-order chi connectivity index (χ0) is 40.4. The molecule has 7 N–H and O–H groups in total. The fraction of sp³-hybridized carbons (Fsp3) is 0.316. The Morgan fingerprint density at radius 2 is 1.29 bits per heavy atom. The summed E-state index contributed by atoms with van der Waals surface area (Å²) in [5.74, 6) is -0.966. The first-order valence-electron chi connectivity index (χ1n) is 18.0. The van der Waals surface area contributed by atoms with E-state index in [4.69, 9.17) is 11.1 Å². The molecule has 0 fully saturated rings. The number of amides is 3. The third-order valence-electron chi connectivity index (χ3n) is 9.64. The molecule has 18 nitrogen and oxygen atoms in total. The van der Waals surface area contributed by atoms with Gasteiger partial charge in [0.25, 0.3) is 23.3 Å². The monoisotopic (exact) mass is 763 g/mol. The summed E-state index contributed by atoms with van der Waals surface area (Å²) >= 11 is 0. The van der Waals surface area contributed by atoms with Gasteiger partial charge in [0.05, 0.1) is 33.9 Å². The van der Waals surface area contributed by atoms with E-state index in [-0.39, 0.29) is 54.4 Å². The molecule has 0 bridgehead atoms. The summed E-state index contributed by atoms with van der Waals surface area (Å²) in [6.07, 6.45) is 6.40. The minimum absolute atomic E-state index is 0.0297. The Bertz CT molecular complexity index is 2600. The highest BCUT2D eigenvalue weighted by Crippen LogP contribution is 2.23. The Labute approximate surface area is 321 Å². The second-order valence-electron chi connectivity index (χ2n) is 13.9. The third kappa shape index (κ3) is 8.08. The van der Waals surface area contributed by atoms with E-state index in [1.807, 2.05) is 26.0 Å². The number of amidine groups is 1. The second kappa shape index (κ2) is 15.8. The van der Waals surface area contributed by atoms with E-state index in [1.54, 1.807) is 83.2 Å². The van der Waals surface area contributed by atoms with Crippen LogP contribution < -0.4 is 38.2 Å². The van der Waals surface area contributed by atoms with Crippen molar-refractivity contribution >= 4 is 51.7 Å².